The normalized spacial score (nSPS) is 12.7. The van der Waals surface area contributed by atoms with Gasteiger partial charge in [0.15, 0.2) is 0 Å². The second-order valence-corrected chi connectivity index (χ2v) is 5.35. The summed E-state index contributed by atoms with van der Waals surface area (Å²) in [6.45, 7) is 3.91. The van der Waals surface area contributed by atoms with Crippen LogP contribution in [0.15, 0.2) is 18.2 Å². The van der Waals surface area contributed by atoms with Crippen molar-refractivity contribution >= 4 is 11.3 Å². The molecular weight excluding hydrogens is 254 g/mol. The maximum absolute atomic E-state index is 13.2. The van der Waals surface area contributed by atoms with Gasteiger partial charge in [0.25, 0.3) is 0 Å². The number of hydrogen-bond donors (Lipinski definition) is 1. The molecule has 0 aliphatic heterocycles. The van der Waals surface area contributed by atoms with E-state index in [4.69, 9.17) is 0 Å². The van der Waals surface area contributed by atoms with Gasteiger partial charge in [-0.25, -0.2) is 13.8 Å². The fraction of sp³-hybridized carbons (Fsp3) is 0.308. The molecule has 5 heteroatoms. The Morgan fingerprint density at radius 2 is 1.78 bits per heavy atom. The zero-order valence-electron chi connectivity index (χ0n) is 10.4. The number of aryl methyl sites for hydroxylation is 2. The number of thiazole rings is 1. The first-order valence-electron chi connectivity index (χ1n) is 5.58. The summed E-state index contributed by atoms with van der Waals surface area (Å²) >= 11 is 1.54. The zero-order chi connectivity index (χ0) is 13.3. The Morgan fingerprint density at radius 1 is 1.17 bits per heavy atom. The van der Waals surface area contributed by atoms with Crippen molar-refractivity contribution in [3.63, 3.8) is 0 Å². The summed E-state index contributed by atoms with van der Waals surface area (Å²) in [6.07, 6.45) is 0. The molecular formula is C13H14F2N2S. The highest BCUT2D eigenvalue weighted by Gasteiger charge is 2.18. The van der Waals surface area contributed by atoms with Gasteiger partial charge in [0.2, 0.25) is 0 Å². The van der Waals surface area contributed by atoms with Crippen molar-refractivity contribution in [1.29, 1.82) is 0 Å². The van der Waals surface area contributed by atoms with Crippen LogP contribution in [0.4, 0.5) is 8.78 Å². The molecule has 1 aromatic heterocycles. The average molecular weight is 268 g/mol. The number of nitrogens with one attached hydrogen (secondary N) is 1. The third-order valence-corrected chi connectivity index (χ3v) is 3.94. The van der Waals surface area contributed by atoms with E-state index >= 15 is 0 Å². The number of benzene rings is 1. The van der Waals surface area contributed by atoms with Crippen LogP contribution in [0, 0.1) is 25.5 Å². The van der Waals surface area contributed by atoms with Crippen LogP contribution in [0.25, 0.3) is 0 Å². The van der Waals surface area contributed by atoms with Crippen molar-refractivity contribution in [3.8, 4) is 0 Å². The number of hydrogen-bond acceptors (Lipinski definition) is 3. The maximum atomic E-state index is 13.2. The van der Waals surface area contributed by atoms with Gasteiger partial charge >= 0.3 is 0 Å². The Labute approximate surface area is 109 Å². The van der Waals surface area contributed by atoms with Crippen molar-refractivity contribution in [2.75, 3.05) is 7.05 Å². The Kier molecular flexibility index (Phi) is 3.73. The Balaban J connectivity index is 2.44. The third kappa shape index (κ3) is 2.57. The summed E-state index contributed by atoms with van der Waals surface area (Å²) in [6, 6.07) is 3.24. The lowest BCUT2D eigenvalue weighted by Gasteiger charge is -2.14. The molecule has 96 valence electrons. The molecule has 1 N–H and O–H groups in total. The molecule has 1 aromatic carbocycles. The summed E-state index contributed by atoms with van der Waals surface area (Å²) in [7, 11) is 1.75. The molecule has 0 radical (unpaired) electrons. The van der Waals surface area contributed by atoms with Crippen molar-refractivity contribution in [3.05, 3.63) is 51.0 Å². The van der Waals surface area contributed by atoms with Gasteiger partial charge < -0.3 is 5.32 Å². The minimum atomic E-state index is -0.574. The first-order chi connectivity index (χ1) is 8.51. The Morgan fingerprint density at radius 3 is 2.22 bits per heavy atom. The van der Waals surface area contributed by atoms with E-state index in [9.17, 15) is 8.78 Å². The van der Waals surface area contributed by atoms with Gasteiger partial charge in [0, 0.05) is 10.9 Å². The van der Waals surface area contributed by atoms with Crippen LogP contribution in [0.2, 0.25) is 0 Å². The minimum absolute atomic E-state index is 0.285. The van der Waals surface area contributed by atoms with Crippen LogP contribution in [-0.4, -0.2) is 12.0 Å². The lowest BCUT2D eigenvalue weighted by molar-refractivity contribution is 0.571. The summed E-state index contributed by atoms with van der Waals surface area (Å²) < 4.78 is 26.5. The number of rotatable bonds is 3. The van der Waals surface area contributed by atoms with Crippen LogP contribution in [0.1, 0.15) is 27.2 Å². The maximum Gasteiger partial charge on any atom is 0.126 e. The Bertz CT molecular complexity index is 526. The van der Waals surface area contributed by atoms with Crippen molar-refractivity contribution in [2.45, 2.75) is 19.9 Å². The highest BCUT2D eigenvalue weighted by Crippen LogP contribution is 2.28. The van der Waals surface area contributed by atoms with Crippen LogP contribution in [0.5, 0.6) is 0 Å². The van der Waals surface area contributed by atoms with E-state index in [0.29, 0.717) is 5.56 Å². The van der Waals surface area contributed by atoms with Gasteiger partial charge in [-0.1, -0.05) is 0 Å². The predicted octanol–water partition coefficient (Wildman–Crippen LogP) is 3.35. The van der Waals surface area contributed by atoms with E-state index in [0.717, 1.165) is 21.6 Å². The largest absolute Gasteiger partial charge is 0.307 e. The van der Waals surface area contributed by atoms with Gasteiger partial charge in [-0.3, -0.25) is 0 Å². The second-order valence-electron chi connectivity index (χ2n) is 4.12. The summed E-state index contributed by atoms with van der Waals surface area (Å²) in [5, 5.41) is 3.86. The highest BCUT2D eigenvalue weighted by molar-refractivity contribution is 7.11. The van der Waals surface area contributed by atoms with E-state index in [1.54, 1.807) is 7.05 Å². The van der Waals surface area contributed by atoms with E-state index in [2.05, 4.69) is 10.3 Å². The standard InChI is InChI=1S/C13H14F2N2S/c1-7-8(2)18-13(17-7)12(16-3)9-4-10(14)6-11(15)5-9/h4-6,12,16H,1-3H3. The van der Waals surface area contributed by atoms with Crippen LogP contribution < -0.4 is 5.32 Å². The zero-order valence-corrected chi connectivity index (χ0v) is 11.2. The third-order valence-electron chi connectivity index (χ3n) is 2.80. The van der Waals surface area contributed by atoms with E-state index in [1.807, 2.05) is 13.8 Å². The van der Waals surface area contributed by atoms with Crippen molar-refractivity contribution in [2.24, 2.45) is 0 Å². The molecule has 0 aliphatic rings. The fourth-order valence-corrected chi connectivity index (χ4v) is 2.86. The van der Waals surface area contributed by atoms with Gasteiger partial charge in [-0.15, -0.1) is 11.3 Å². The van der Waals surface area contributed by atoms with Gasteiger partial charge in [0.05, 0.1) is 11.7 Å². The van der Waals surface area contributed by atoms with E-state index in [1.165, 1.54) is 23.5 Å². The molecule has 0 saturated carbocycles. The van der Waals surface area contributed by atoms with Gasteiger partial charge in [-0.2, -0.15) is 0 Å². The van der Waals surface area contributed by atoms with E-state index < -0.39 is 11.6 Å². The molecule has 1 heterocycles. The monoisotopic (exact) mass is 268 g/mol. The summed E-state index contributed by atoms with van der Waals surface area (Å²) in [4.78, 5) is 5.54. The molecule has 0 aliphatic carbocycles. The molecule has 0 bridgehead atoms. The molecule has 1 atom stereocenters. The molecule has 18 heavy (non-hydrogen) atoms. The smallest absolute Gasteiger partial charge is 0.126 e. The Hall–Kier alpha value is -1.33. The highest BCUT2D eigenvalue weighted by atomic mass is 32.1. The quantitative estimate of drug-likeness (QED) is 0.923. The lowest BCUT2D eigenvalue weighted by Crippen LogP contribution is -2.17. The van der Waals surface area contributed by atoms with Gasteiger partial charge in [-0.05, 0) is 38.6 Å². The molecule has 0 spiro atoms. The molecule has 2 aromatic rings. The summed E-state index contributed by atoms with van der Waals surface area (Å²) in [5.74, 6) is -1.15. The van der Waals surface area contributed by atoms with Crippen molar-refractivity contribution < 1.29 is 8.78 Å². The number of aromatic nitrogens is 1. The molecule has 1 unspecified atom stereocenters. The summed E-state index contributed by atoms with van der Waals surface area (Å²) in [5.41, 5.74) is 1.50. The fourth-order valence-electron chi connectivity index (χ4n) is 1.80. The molecule has 2 nitrogen and oxygen atoms in total. The average Bonchev–Trinajstić information content (AvgIpc) is 2.58. The molecule has 0 amide bonds. The SMILES string of the molecule is CNC(c1cc(F)cc(F)c1)c1nc(C)c(C)s1. The predicted molar refractivity (Wildman–Crippen MR) is 68.8 cm³/mol. The number of nitrogens with zero attached hydrogens (tertiary/aromatic N) is 1. The molecule has 2 rings (SSSR count). The molecule has 0 saturated heterocycles. The van der Waals surface area contributed by atoms with E-state index in [-0.39, 0.29) is 6.04 Å². The number of halogens is 2. The topological polar surface area (TPSA) is 24.9 Å². The first kappa shape index (κ1) is 13.1. The first-order valence-corrected chi connectivity index (χ1v) is 6.40. The minimum Gasteiger partial charge on any atom is -0.307 e. The van der Waals surface area contributed by atoms with Crippen LogP contribution in [-0.2, 0) is 0 Å². The van der Waals surface area contributed by atoms with Crippen LogP contribution >= 0.6 is 11.3 Å². The lowest BCUT2D eigenvalue weighted by atomic mass is 10.1. The van der Waals surface area contributed by atoms with Crippen LogP contribution in [0.3, 0.4) is 0 Å². The molecule has 0 fully saturated rings. The second kappa shape index (κ2) is 5.12. The van der Waals surface area contributed by atoms with Gasteiger partial charge in [0.1, 0.15) is 16.6 Å². The van der Waals surface area contributed by atoms with Crippen molar-refractivity contribution in [1.82, 2.24) is 10.3 Å².